The molecule has 0 saturated carbocycles. The number of phenols is 2. The fraction of sp³-hybridized carbons (Fsp3) is 0.509. The third-order valence-corrected chi connectivity index (χ3v) is 12.9. The van der Waals surface area contributed by atoms with Crippen molar-refractivity contribution in [3.05, 3.63) is 59.7 Å². The molecule has 2 rings (SSSR count). The molecule has 11 atom stereocenters. The number of amides is 11. The lowest BCUT2D eigenvalue weighted by Gasteiger charge is -2.28. The summed E-state index contributed by atoms with van der Waals surface area (Å²) in [6.45, 7) is -0.990. The molecule has 0 heterocycles. The number of hydrogen-bond donors (Lipinski definition) is 22. The van der Waals surface area contributed by atoms with E-state index in [1.807, 2.05) is 0 Å². The van der Waals surface area contributed by atoms with E-state index in [4.69, 9.17) is 34.4 Å². The molecule has 89 heavy (non-hydrogen) atoms. The highest BCUT2D eigenvalue weighted by Gasteiger charge is 2.37. The van der Waals surface area contributed by atoms with Crippen LogP contribution < -0.4 is 82.3 Å². The number of benzene rings is 2. The number of hydrogen-bond acceptors (Lipinski definition) is 21. The lowest BCUT2D eigenvalue weighted by Crippen LogP contribution is -2.62. The van der Waals surface area contributed by atoms with E-state index in [0.717, 1.165) is 6.92 Å². The van der Waals surface area contributed by atoms with E-state index in [1.54, 1.807) is 0 Å². The van der Waals surface area contributed by atoms with E-state index in [1.165, 1.54) is 48.5 Å². The second kappa shape index (κ2) is 38.4. The zero-order valence-corrected chi connectivity index (χ0v) is 48.4. The first-order valence-corrected chi connectivity index (χ1v) is 27.6. The maximum absolute atomic E-state index is 14.4. The van der Waals surface area contributed by atoms with E-state index in [0.29, 0.717) is 19.4 Å². The Balaban J connectivity index is 2.52. The average molecular weight is 1260 g/mol. The van der Waals surface area contributed by atoms with Crippen molar-refractivity contribution in [2.45, 2.75) is 144 Å². The number of nitrogens with one attached hydrogen (secondary N) is 9. The maximum Gasteiger partial charge on any atom is 0.326 e. The monoisotopic (exact) mass is 1260 g/mol. The number of carboxylic acids is 2. The zero-order valence-electron chi connectivity index (χ0n) is 48.4. The molecule has 0 bridgehead atoms. The molecule has 0 radical (unpaired) electrons. The highest BCUT2D eigenvalue weighted by molar-refractivity contribution is 6.00. The first kappa shape index (κ1) is 75.3. The Morgan fingerprint density at radius 2 is 0.876 bits per heavy atom. The van der Waals surface area contributed by atoms with E-state index < -0.39 is 195 Å². The molecule has 0 aliphatic carbocycles. The van der Waals surface area contributed by atoms with Crippen LogP contribution >= 0.6 is 0 Å². The van der Waals surface area contributed by atoms with Crippen LogP contribution in [0.25, 0.3) is 0 Å². The number of carbonyl (C=O) groups is 13. The van der Waals surface area contributed by atoms with Gasteiger partial charge in [0.1, 0.15) is 65.9 Å². The molecular formula is C53H80N16O20. The predicted molar refractivity (Wildman–Crippen MR) is 310 cm³/mol. The Labute approximate surface area is 508 Å². The quantitative estimate of drug-likeness (QED) is 0.0167. The zero-order chi connectivity index (χ0) is 67.1. The van der Waals surface area contributed by atoms with Gasteiger partial charge >= 0.3 is 11.9 Å². The molecular weight excluding hydrogens is 1180 g/mol. The second-order valence-corrected chi connectivity index (χ2v) is 20.3. The summed E-state index contributed by atoms with van der Waals surface area (Å²) in [6, 6.07) is -8.01. The third kappa shape index (κ3) is 28.1. The van der Waals surface area contributed by atoms with Gasteiger partial charge < -0.3 is 118 Å². The van der Waals surface area contributed by atoms with Crippen LogP contribution in [0.5, 0.6) is 11.5 Å². The SMILES string of the molecule is C[C@@H](O)[C@H](NC(=O)[C@H](CC(N)=O)NC(=O)[C@@H](N)CCCCN)C(=O)N[C@@H](Cc1ccc(O)cc1)C(=O)N[C@@H](CCC(N)=O)C(=O)N[C@@H](CC(=O)O)C(=O)N[C@@H](Cc1ccc(O)cc1)C(=O)N[C@@H](CO)C(=O)N[C@@H](CO)C(=O)N[C@@H](CCCN=C(N)N)C(=O)O. The second-order valence-electron chi connectivity index (χ2n) is 20.3. The highest BCUT2D eigenvalue weighted by atomic mass is 16.4. The summed E-state index contributed by atoms with van der Waals surface area (Å²) < 4.78 is 0. The Bertz CT molecular complexity index is 2810. The minimum Gasteiger partial charge on any atom is -0.508 e. The van der Waals surface area contributed by atoms with E-state index in [9.17, 15) is 98.1 Å². The molecule has 0 saturated heterocycles. The van der Waals surface area contributed by atoms with Crippen molar-refractivity contribution < 1.29 is 98.1 Å². The Morgan fingerprint density at radius 1 is 0.472 bits per heavy atom. The predicted octanol–water partition coefficient (Wildman–Crippen LogP) is -9.18. The average Bonchev–Trinajstić information content (AvgIpc) is 3.26. The summed E-state index contributed by atoms with van der Waals surface area (Å²) in [6.07, 6.45) is -5.20. The number of aliphatic hydroxyl groups excluding tert-OH is 3. The third-order valence-electron chi connectivity index (χ3n) is 12.9. The molecule has 0 fully saturated rings. The molecule has 0 unspecified atom stereocenters. The molecule has 36 nitrogen and oxygen atoms in total. The van der Waals surface area contributed by atoms with Crippen LogP contribution in [0.15, 0.2) is 53.5 Å². The van der Waals surface area contributed by atoms with Gasteiger partial charge in [0.05, 0.1) is 38.2 Å². The van der Waals surface area contributed by atoms with Crippen molar-refractivity contribution >= 4 is 82.9 Å². The summed E-state index contributed by atoms with van der Waals surface area (Å²) in [5.41, 5.74) is 33.1. The minimum atomic E-state index is -2.16. The topological polar surface area (TPSA) is 640 Å². The smallest absolute Gasteiger partial charge is 0.326 e. The first-order valence-electron chi connectivity index (χ1n) is 27.6. The van der Waals surface area contributed by atoms with Crippen molar-refractivity contribution in [3.8, 4) is 11.5 Å². The van der Waals surface area contributed by atoms with Gasteiger partial charge in [0.15, 0.2) is 5.96 Å². The number of aliphatic imine (C=N–C) groups is 1. The van der Waals surface area contributed by atoms with Crippen molar-refractivity contribution in [1.29, 1.82) is 0 Å². The minimum absolute atomic E-state index is 0.0114. The van der Waals surface area contributed by atoms with Crippen LogP contribution in [-0.2, 0) is 75.2 Å². The Morgan fingerprint density at radius 3 is 1.31 bits per heavy atom. The number of unbranched alkanes of at least 4 members (excludes halogenated alkanes) is 1. The largest absolute Gasteiger partial charge is 0.508 e. The Kier molecular flexibility index (Phi) is 32.5. The summed E-state index contributed by atoms with van der Waals surface area (Å²) in [5.74, 6) is -17.3. The van der Waals surface area contributed by atoms with Crippen LogP contribution in [0.2, 0.25) is 0 Å². The lowest BCUT2D eigenvalue weighted by atomic mass is 10.0. The fourth-order valence-electron chi connectivity index (χ4n) is 8.13. The molecule has 2 aromatic carbocycles. The van der Waals surface area contributed by atoms with Crippen molar-refractivity contribution in [2.75, 3.05) is 26.3 Å². The first-order chi connectivity index (χ1) is 41.9. The van der Waals surface area contributed by atoms with E-state index in [2.05, 4.69) is 52.8 Å². The number of aromatic hydroxyl groups is 2. The number of carboxylic acid groups (broad SMARTS) is 2. The number of aliphatic hydroxyl groups is 3. The lowest BCUT2D eigenvalue weighted by molar-refractivity contribution is -0.143. The summed E-state index contributed by atoms with van der Waals surface area (Å²) >= 11 is 0. The molecule has 2 aromatic rings. The number of phenolic OH excluding ortho intramolecular Hbond substituents is 2. The fourth-order valence-corrected chi connectivity index (χ4v) is 8.13. The molecule has 0 aromatic heterocycles. The number of primary amides is 2. The Hall–Kier alpha value is -9.78. The molecule has 28 N–H and O–H groups in total. The van der Waals surface area contributed by atoms with Crippen LogP contribution in [-0.4, -0.2) is 211 Å². The summed E-state index contributed by atoms with van der Waals surface area (Å²) in [4.78, 5) is 176. The molecule has 492 valence electrons. The molecule has 36 heteroatoms. The van der Waals surface area contributed by atoms with Gasteiger partial charge in [0, 0.05) is 25.8 Å². The van der Waals surface area contributed by atoms with Gasteiger partial charge in [-0.3, -0.25) is 62.5 Å². The molecule has 0 aliphatic heterocycles. The maximum atomic E-state index is 14.4. The number of aliphatic carboxylic acids is 2. The van der Waals surface area contributed by atoms with Crippen LogP contribution in [0, 0.1) is 0 Å². The van der Waals surface area contributed by atoms with Gasteiger partial charge in [-0.15, -0.1) is 0 Å². The van der Waals surface area contributed by atoms with Crippen molar-refractivity contribution in [3.63, 3.8) is 0 Å². The van der Waals surface area contributed by atoms with Crippen LogP contribution in [0.3, 0.4) is 0 Å². The highest BCUT2D eigenvalue weighted by Crippen LogP contribution is 2.15. The van der Waals surface area contributed by atoms with E-state index in [-0.39, 0.29) is 54.4 Å². The van der Waals surface area contributed by atoms with Crippen LogP contribution in [0.4, 0.5) is 0 Å². The normalized spacial score (nSPS) is 14.6. The number of carbonyl (C=O) groups excluding carboxylic acids is 11. The van der Waals surface area contributed by atoms with Crippen LogP contribution in [0.1, 0.15) is 75.8 Å². The summed E-state index contributed by atoms with van der Waals surface area (Å²) in [7, 11) is 0. The van der Waals surface area contributed by atoms with Gasteiger partial charge in [-0.05, 0) is 81.0 Å². The number of nitrogens with two attached hydrogens (primary N) is 6. The standard InChI is InChI=1S/C53H80N16O20/c1-25(72)42(69-48(84)35(21-40(57)76)63-43(79)30(55)5-2-3-17-54)51(87)66-34(20-27-9-13-29(74)14-10-27)45(81)61-31(15-16-39(56)75)44(80)65-36(22-41(77)78)47(83)64-33(19-26-7-11-28(73)12-8-26)46(82)67-38(24-71)50(86)68-37(23-70)49(85)62-32(52(88)89)6-4-18-60-53(58)59/h7-14,25,30-38,42,70-74H,2-6,15-24,54-55H2,1H3,(H2,56,75)(H2,57,76)(H,61,81)(H,62,85)(H,63,79)(H,64,83)(H,65,80)(H,66,87)(H,67,82)(H,68,86)(H,69,84)(H,77,78)(H,88,89)(H4,58,59,60)/t25-,30+,31+,32+,33+,34+,35+,36+,37+,38+,42+/m1/s1. The van der Waals surface area contributed by atoms with Crippen molar-refractivity contribution in [1.82, 2.24) is 47.9 Å². The van der Waals surface area contributed by atoms with Gasteiger partial charge in [0.2, 0.25) is 65.0 Å². The molecule has 0 spiro atoms. The number of rotatable bonds is 41. The van der Waals surface area contributed by atoms with Gasteiger partial charge in [0.25, 0.3) is 0 Å². The van der Waals surface area contributed by atoms with Gasteiger partial charge in [-0.25, -0.2) is 4.79 Å². The van der Waals surface area contributed by atoms with Crippen molar-refractivity contribution in [2.24, 2.45) is 39.4 Å². The van der Waals surface area contributed by atoms with Gasteiger partial charge in [-0.2, -0.15) is 0 Å². The number of nitrogens with zero attached hydrogens (tertiary/aromatic N) is 1. The summed E-state index contributed by atoms with van der Waals surface area (Å²) in [5, 5.41) is 90.3. The molecule has 0 aliphatic rings. The van der Waals surface area contributed by atoms with E-state index >= 15 is 0 Å². The number of guanidine groups is 1. The van der Waals surface area contributed by atoms with Gasteiger partial charge in [-0.1, -0.05) is 30.7 Å². The molecule has 11 amide bonds.